The number of sulfone groups is 1. The van der Waals surface area contributed by atoms with Crippen LogP contribution >= 0.6 is 0 Å². The molecule has 0 saturated carbocycles. The third-order valence-electron chi connectivity index (χ3n) is 2.31. The second-order valence-corrected chi connectivity index (χ2v) is 5.85. The molecule has 1 aromatic rings. The highest BCUT2D eigenvalue weighted by molar-refractivity contribution is 7.90. The minimum atomic E-state index is -3.36. The summed E-state index contributed by atoms with van der Waals surface area (Å²) in [6.45, 7) is 3.93. The van der Waals surface area contributed by atoms with Crippen molar-refractivity contribution >= 4 is 15.8 Å². The Bertz CT molecular complexity index is 537. The van der Waals surface area contributed by atoms with Gasteiger partial charge in [-0.05, 0) is 25.5 Å². The van der Waals surface area contributed by atoms with Crippen LogP contribution in [-0.4, -0.2) is 32.2 Å². The van der Waals surface area contributed by atoms with E-state index in [2.05, 4.69) is 4.98 Å². The van der Waals surface area contributed by atoms with Crippen LogP contribution in [0.5, 0.6) is 0 Å². The van der Waals surface area contributed by atoms with Crippen molar-refractivity contribution in [1.82, 2.24) is 4.98 Å². The first-order chi connectivity index (χ1) is 8.40. The summed E-state index contributed by atoms with van der Waals surface area (Å²) in [4.78, 5) is 15.7. The molecule has 0 fully saturated rings. The molecule has 0 aliphatic rings. The highest BCUT2D eigenvalue weighted by Gasteiger charge is 2.17. The van der Waals surface area contributed by atoms with Crippen LogP contribution in [0.1, 0.15) is 36.3 Å². The topological polar surface area (TPSA) is 73.3 Å². The molecule has 0 radical (unpaired) electrons. The van der Waals surface area contributed by atoms with Crippen LogP contribution < -0.4 is 0 Å². The molecule has 0 bridgehead atoms. The highest BCUT2D eigenvalue weighted by Crippen LogP contribution is 2.14. The molecule has 1 aromatic heterocycles. The van der Waals surface area contributed by atoms with E-state index in [1.807, 2.05) is 6.92 Å². The van der Waals surface area contributed by atoms with Crippen molar-refractivity contribution in [3.63, 3.8) is 0 Å². The van der Waals surface area contributed by atoms with Crippen molar-refractivity contribution in [2.75, 3.05) is 12.9 Å². The van der Waals surface area contributed by atoms with Gasteiger partial charge in [-0.25, -0.2) is 18.2 Å². The van der Waals surface area contributed by atoms with E-state index in [0.717, 1.165) is 12.7 Å². The molecule has 0 atom stereocenters. The molecule has 6 heteroatoms. The standard InChI is InChI=1S/C12H17NO4S/c1-4-6-10-9(12(14)17-5-2)7-8-11(13-10)18(3,15)16/h7-8H,4-6H2,1-3H3. The van der Waals surface area contributed by atoms with E-state index in [-0.39, 0.29) is 11.6 Å². The van der Waals surface area contributed by atoms with Gasteiger partial charge in [-0.15, -0.1) is 0 Å². The lowest BCUT2D eigenvalue weighted by Crippen LogP contribution is -2.12. The van der Waals surface area contributed by atoms with Gasteiger partial charge in [-0.2, -0.15) is 0 Å². The van der Waals surface area contributed by atoms with E-state index < -0.39 is 15.8 Å². The van der Waals surface area contributed by atoms with E-state index in [1.54, 1.807) is 6.92 Å². The first-order valence-corrected chi connectivity index (χ1v) is 7.66. The summed E-state index contributed by atoms with van der Waals surface area (Å²) in [5, 5.41) is -0.0148. The Kier molecular flexibility index (Phi) is 4.84. The van der Waals surface area contributed by atoms with Crippen LogP contribution in [-0.2, 0) is 21.0 Å². The lowest BCUT2D eigenvalue weighted by Gasteiger charge is -2.08. The molecule has 0 N–H and O–H groups in total. The second-order valence-electron chi connectivity index (χ2n) is 3.89. The predicted octanol–water partition coefficient (Wildman–Crippen LogP) is 1.61. The third kappa shape index (κ3) is 3.53. The molecule has 0 aliphatic carbocycles. The summed E-state index contributed by atoms with van der Waals surface area (Å²) >= 11 is 0. The molecule has 100 valence electrons. The lowest BCUT2D eigenvalue weighted by atomic mass is 10.1. The number of aromatic nitrogens is 1. The number of ether oxygens (including phenoxy) is 1. The maximum Gasteiger partial charge on any atom is 0.339 e. The number of hydrogen-bond acceptors (Lipinski definition) is 5. The van der Waals surface area contributed by atoms with Gasteiger partial charge in [0.2, 0.25) is 0 Å². The molecular formula is C12H17NO4S. The fourth-order valence-corrected chi connectivity index (χ4v) is 2.10. The van der Waals surface area contributed by atoms with Gasteiger partial charge in [0.05, 0.1) is 17.9 Å². The molecule has 18 heavy (non-hydrogen) atoms. The SMILES string of the molecule is CCCc1nc(S(C)(=O)=O)ccc1C(=O)OCC. The molecule has 0 spiro atoms. The Hall–Kier alpha value is -1.43. The van der Waals surface area contributed by atoms with Gasteiger partial charge in [-0.1, -0.05) is 13.3 Å². The molecule has 5 nitrogen and oxygen atoms in total. The number of carbonyl (C=O) groups excluding carboxylic acids is 1. The maximum absolute atomic E-state index is 11.7. The van der Waals surface area contributed by atoms with Crippen molar-refractivity contribution in [2.24, 2.45) is 0 Å². The lowest BCUT2D eigenvalue weighted by molar-refractivity contribution is 0.0524. The third-order valence-corrected chi connectivity index (χ3v) is 3.30. The van der Waals surface area contributed by atoms with Crippen molar-refractivity contribution in [3.8, 4) is 0 Å². The first-order valence-electron chi connectivity index (χ1n) is 5.77. The molecule has 1 rings (SSSR count). The molecule has 1 heterocycles. The number of aryl methyl sites for hydroxylation is 1. The normalized spacial score (nSPS) is 11.3. The van der Waals surface area contributed by atoms with Gasteiger partial charge in [-0.3, -0.25) is 0 Å². The largest absolute Gasteiger partial charge is 0.462 e. The molecule has 0 saturated heterocycles. The molecule has 0 unspecified atom stereocenters. The van der Waals surface area contributed by atoms with E-state index in [0.29, 0.717) is 17.7 Å². The quantitative estimate of drug-likeness (QED) is 0.761. The predicted molar refractivity (Wildman–Crippen MR) is 67.3 cm³/mol. The van der Waals surface area contributed by atoms with Crippen LogP contribution in [0.15, 0.2) is 17.2 Å². The Balaban J connectivity index is 3.24. The Labute approximate surface area is 107 Å². The average molecular weight is 271 g/mol. The molecule has 0 amide bonds. The van der Waals surface area contributed by atoms with E-state index in [1.165, 1.54) is 12.1 Å². The average Bonchev–Trinajstić information content (AvgIpc) is 2.28. The van der Waals surface area contributed by atoms with Crippen molar-refractivity contribution in [1.29, 1.82) is 0 Å². The van der Waals surface area contributed by atoms with Crippen LogP contribution in [0.4, 0.5) is 0 Å². The molecule has 0 aromatic carbocycles. The van der Waals surface area contributed by atoms with Gasteiger partial charge in [0, 0.05) is 6.26 Å². The smallest absolute Gasteiger partial charge is 0.339 e. The number of hydrogen-bond donors (Lipinski definition) is 0. The summed E-state index contributed by atoms with van der Waals surface area (Å²) in [5.41, 5.74) is 0.810. The number of carbonyl (C=O) groups is 1. The Morgan fingerprint density at radius 1 is 1.33 bits per heavy atom. The summed E-state index contributed by atoms with van der Waals surface area (Å²) in [6, 6.07) is 2.80. The van der Waals surface area contributed by atoms with Gasteiger partial charge >= 0.3 is 5.97 Å². The molecule has 0 aliphatic heterocycles. The Morgan fingerprint density at radius 2 is 2.00 bits per heavy atom. The van der Waals surface area contributed by atoms with Gasteiger partial charge in [0.1, 0.15) is 0 Å². The van der Waals surface area contributed by atoms with Crippen LogP contribution in [0.2, 0.25) is 0 Å². The summed E-state index contributed by atoms with van der Waals surface area (Å²) in [7, 11) is -3.36. The van der Waals surface area contributed by atoms with Crippen LogP contribution in [0.25, 0.3) is 0 Å². The van der Waals surface area contributed by atoms with Crippen molar-refractivity contribution < 1.29 is 17.9 Å². The fraction of sp³-hybridized carbons (Fsp3) is 0.500. The minimum absolute atomic E-state index is 0.0148. The molecular weight excluding hydrogens is 254 g/mol. The summed E-state index contributed by atoms with van der Waals surface area (Å²) in [5.74, 6) is -0.464. The Morgan fingerprint density at radius 3 is 2.50 bits per heavy atom. The van der Waals surface area contributed by atoms with Gasteiger partial charge < -0.3 is 4.74 Å². The zero-order chi connectivity index (χ0) is 13.8. The zero-order valence-electron chi connectivity index (χ0n) is 10.8. The van der Waals surface area contributed by atoms with Crippen molar-refractivity contribution in [3.05, 3.63) is 23.4 Å². The van der Waals surface area contributed by atoms with Crippen LogP contribution in [0.3, 0.4) is 0 Å². The number of rotatable bonds is 5. The van der Waals surface area contributed by atoms with E-state index >= 15 is 0 Å². The van der Waals surface area contributed by atoms with Gasteiger partial charge in [0.25, 0.3) is 0 Å². The number of pyridine rings is 1. The summed E-state index contributed by atoms with van der Waals surface area (Å²) in [6.07, 6.45) is 2.40. The van der Waals surface area contributed by atoms with Crippen LogP contribution in [0, 0.1) is 0 Å². The zero-order valence-corrected chi connectivity index (χ0v) is 11.6. The fourth-order valence-electron chi connectivity index (χ4n) is 1.51. The minimum Gasteiger partial charge on any atom is -0.462 e. The summed E-state index contributed by atoms with van der Waals surface area (Å²) < 4.78 is 27.7. The number of esters is 1. The first kappa shape index (κ1) is 14.6. The highest BCUT2D eigenvalue weighted by atomic mass is 32.2. The van der Waals surface area contributed by atoms with Crippen molar-refractivity contribution in [2.45, 2.75) is 31.7 Å². The van der Waals surface area contributed by atoms with E-state index in [9.17, 15) is 13.2 Å². The second kappa shape index (κ2) is 5.95. The van der Waals surface area contributed by atoms with Gasteiger partial charge in [0.15, 0.2) is 14.9 Å². The van der Waals surface area contributed by atoms with E-state index in [4.69, 9.17) is 4.74 Å². The number of nitrogens with zero attached hydrogens (tertiary/aromatic N) is 1. The maximum atomic E-state index is 11.7. The monoisotopic (exact) mass is 271 g/mol.